The molecule has 27 heavy (non-hydrogen) atoms. The van der Waals surface area contributed by atoms with Gasteiger partial charge in [0.05, 0.1) is 28.4 Å². The van der Waals surface area contributed by atoms with Crippen molar-refractivity contribution in [2.75, 3.05) is 41.5 Å². The molecule has 144 valence electrons. The highest BCUT2D eigenvalue weighted by Crippen LogP contribution is 2.42. The maximum absolute atomic E-state index is 12.6. The molecule has 1 heterocycles. The molecule has 2 aromatic rings. The van der Waals surface area contributed by atoms with E-state index in [0.717, 1.165) is 35.5 Å². The van der Waals surface area contributed by atoms with Crippen LogP contribution in [0.3, 0.4) is 0 Å². The number of nitrogens with one attached hydrogen (secondary N) is 1. The summed E-state index contributed by atoms with van der Waals surface area (Å²) < 4.78 is 21.5. The van der Waals surface area contributed by atoms with Crippen LogP contribution in [0.5, 0.6) is 17.2 Å². The standard InChI is InChI=1S/C21H25NO5/c1-24-14-7-5-6-13(10-14)17-12-22-9-8-15-16(17)11-18(25-2)20(26-3)19(15)21(23)27-4/h5-7,10-11,17,22H,8-9,12H2,1-4H3. The number of benzene rings is 2. The van der Waals surface area contributed by atoms with Gasteiger partial charge in [0.15, 0.2) is 11.5 Å². The lowest BCUT2D eigenvalue weighted by Crippen LogP contribution is -2.20. The van der Waals surface area contributed by atoms with E-state index in [1.165, 1.54) is 14.2 Å². The van der Waals surface area contributed by atoms with E-state index in [0.29, 0.717) is 23.5 Å². The van der Waals surface area contributed by atoms with E-state index in [-0.39, 0.29) is 5.92 Å². The van der Waals surface area contributed by atoms with Gasteiger partial charge in [-0.15, -0.1) is 0 Å². The Balaban J connectivity index is 2.25. The first-order chi connectivity index (χ1) is 13.1. The minimum atomic E-state index is -0.423. The van der Waals surface area contributed by atoms with Gasteiger partial charge in [0.25, 0.3) is 0 Å². The van der Waals surface area contributed by atoms with Crippen LogP contribution < -0.4 is 19.5 Å². The molecule has 1 atom stereocenters. The molecule has 0 saturated heterocycles. The number of hydrogen-bond donors (Lipinski definition) is 1. The van der Waals surface area contributed by atoms with Crippen LogP contribution in [-0.4, -0.2) is 47.5 Å². The fourth-order valence-electron chi connectivity index (χ4n) is 3.68. The topological polar surface area (TPSA) is 66.0 Å². The summed E-state index contributed by atoms with van der Waals surface area (Å²) >= 11 is 0. The Morgan fingerprint density at radius 2 is 1.89 bits per heavy atom. The van der Waals surface area contributed by atoms with E-state index >= 15 is 0 Å². The molecule has 0 bridgehead atoms. The van der Waals surface area contributed by atoms with Crippen molar-refractivity contribution in [2.45, 2.75) is 12.3 Å². The van der Waals surface area contributed by atoms with Crippen LogP contribution in [-0.2, 0) is 11.2 Å². The Hall–Kier alpha value is -2.73. The molecule has 0 amide bonds. The summed E-state index contributed by atoms with van der Waals surface area (Å²) in [5, 5.41) is 3.46. The minimum Gasteiger partial charge on any atom is -0.497 e. The summed E-state index contributed by atoms with van der Waals surface area (Å²) in [4.78, 5) is 12.6. The highest BCUT2D eigenvalue weighted by Gasteiger charge is 2.30. The zero-order valence-electron chi connectivity index (χ0n) is 16.1. The van der Waals surface area contributed by atoms with Crippen molar-refractivity contribution in [3.63, 3.8) is 0 Å². The highest BCUT2D eigenvalue weighted by molar-refractivity contribution is 5.96. The fourth-order valence-corrected chi connectivity index (χ4v) is 3.68. The number of fused-ring (bicyclic) bond motifs is 1. The fraction of sp³-hybridized carbons (Fsp3) is 0.381. The molecule has 0 aromatic heterocycles. The average Bonchev–Trinajstić information content (AvgIpc) is 2.93. The second-order valence-corrected chi connectivity index (χ2v) is 6.33. The molecule has 1 aliphatic heterocycles. The van der Waals surface area contributed by atoms with Crippen molar-refractivity contribution in [1.82, 2.24) is 5.32 Å². The Kier molecular flexibility index (Phi) is 5.86. The van der Waals surface area contributed by atoms with Gasteiger partial charge in [0.1, 0.15) is 11.3 Å². The van der Waals surface area contributed by atoms with Crippen LogP contribution in [0.4, 0.5) is 0 Å². The number of ether oxygens (including phenoxy) is 4. The zero-order valence-corrected chi connectivity index (χ0v) is 16.1. The molecule has 0 radical (unpaired) electrons. The monoisotopic (exact) mass is 371 g/mol. The van der Waals surface area contributed by atoms with Gasteiger partial charge in [-0.2, -0.15) is 0 Å². The molecule has 2 aromatic carbocycles. The van der Waals surface area contributed by atoms with E-state index in [2.05, 4.69) is 11.4 Å². The predicted octanol–water partition coefficient (Wildman–Crippen LogP) is 2.78. The van der Waals surface area contributed by atoms with Gasteiger partial charge in [0.2, 0.25) is 0 Å². The van der Waals surface area contributed by atoms with Crippen molar-refractivity contribution in [3.05, 3.63) is 52.6 Å². The molecule has 1 aliphatic rings. The van der Waals surface area contributed by atoms with E-state index < -0.39 is 5.97 Å². The first-order valence-electron chi connectivity index (χ1n) is 8.85. The molecule has 1 unspecified atom stereocenters. The summed E-state index contributed by atoms with van der Waals surface area (Å²) in [6.07, 6.45) is 0.695. The molecule has 0 spiro atoms. The van der Waals surface area contributed by atoms with Crippen LogP contribution in [0.2, 0.25) is 0 Å². The maximum atomic E-state index is 12.6. The summed E-state index contributed by atoms with van der Waals surface area (Å²) in [5.74, 6) is 1.35. The first kappa shape index (κ1) is 19.0. The summed E-state index contributed by atoms with van der Waals surface area (Å²) in [6, 6.07) is 9.95. The van der Waals surface area contributed by atoms with E-state index in [9.17, 15) is 4.79 Å². The average molecular weight is 371 g/mol. The van der Waals surface area contributed by atoms with Gasteiger partial charge in [-0.1, -0.05) is 12.1 Å². The van der Waals surface area contributed by atoms with Crippen molar-refractivity contribution in [2.24, 2.45) is 0 Å². The second-order valence-electron chi connectivity index (χ2n) is 6.33. The van der Waals surface area contributed by atoms with Crippen LogP contribution >= 0.6 is 0 Å². The second kappa shape index (κ2) is 8.31. The summed E-state index contributed by atoms with van der Waals surface area (Å²) in [5.41, 5.74) is 3.50. The van der Waals surface area contributed by atoms with Crippen molar-refractivity contribution >= 4 is 5.97 Å². The number of hydrogen-bond acceptors (Lipinski definition) is 6. The lowest BCUT2D eigenvalue weighted by molar-refractivity contribution is 0.0595. The van der Waals surface area contributed by atoms with Gasteiger partial charge in [-0.3, -0.25) is 0 Å². The maximum Gasteiger partial charge on any atom is 0.342 e. The molecule has 6 nitrogen and oxygen atoms in total. The zero-order chi connectivity index (χ0) is 19.4. The molecule has 1 N–H and O–H groups in total. The van der Waals surface area contributed by atoms with Crippen molar-refractivity contribution in [1.29, 1.82) is 0 Å². The Morgan fingerprint density at radius 1 is 1.07 bits per heavy atom. The van der Waals surface area contributed by atoms with Gasteiger partial charge in [-0.25, -0.2) is 4.79 Å². The lowest BCUT2D eigenvalue weighted by Gasteiger charge is -2.23. The largest absolute Gasteiger partial charge is 0.497 e. The van der Waals surface area contributed by atoms with Crippen molar-refractivity contribution in [3.8, 4) is 17.2 Å². The molecular formula is C21H25NO5. The van der Waals surface area contributed by atoms with Gasteiger partial charge in [-0.05, 0) is 47.9 Å². The summed E-state index contributed by atoms with van der Waals surface area (Å²) in [7, 11) is 6.13. The minimum absolute atomic E-state index is 0.0424. The van der Waals surface area contributed by atoms with E-state index in [1.54, 1.807) is 14.2 Å². The first-order valence-corrected chi connectivity index (χ1v) is 8.85. The molecule has 3 rings (SSSR count). The van der Waals surface area contributed by atoms with Crippen LogP contribution in [0.25, 0.3) is 0 Å². The number of carbonyl (C=O) groups excluding carboxylic acids is 1. The third-order valence-corrected chi connectivity index (χ3v) is 4.97. The summed E-state index contributed by atoms with van der Waals surface area (Å²) in [6.45, 7) is 1.50. The normalized spacial score (nSPS) is 16.1. The van der Waals surface area contributed by atoms with Gasteiger partial charge >= 0.3 is 5.97 Å². The molecule has 6 heteroatoms. The molecule has 0 saturated carbocycles. The Morgan fingerprint density at radius 3 is 2.56 bits per heavy atom. The van der Waals surface area contributed by atoms with Crippen LogP contribution in [0.15, 0.2) is 30.3 Å². The smallest absolute Gasteiger partial charge is 0.342 e. The van der Waals surface area contributed by atoms with E-state index in [4.69, 9.17) is 18.9 Å². The predicted molar refractivity (Wildman–Crippen MR) is 102 cm³/mol. The van der Waals surface area contributed by atoms with Gasteiger partial charge in [0, 0.05) is 12.5 Å². The van der Waals surface area contributed by atoms with Crippen LogP contribution in [0.1, 0.15) is 33.0 Å². The van der Waals surface area contributed by atoms with Gasteiger partial charge < -0.3 is 24.3 Å². The Labute approximate surface area is 159 Å². The molecular weight excluding hydrogens is 346 g/mol. The van der Waals surface area contributed by atoms with E-state index in [1.807, 2.05) is 24.3 Å². The highest BCUT2D eigenvalue weighted by atomic mass is 16.5. The van der Waals surface area contributed by atoms with Crippen LogP contribution in [0, 0.1) is 0 Å². The molecule has 0 aliphatic carbocycles. The Bertz CT molecular complexity index is 834. The van der Waals surface area contributed by atoms with Crippen molar-refractivity contribution < 1.29 is 23.7 Å². The number of carbonyl (C=O) groups is 1. The SMILES string of the molecule is COC(=O)c1c2c(cc(OC)c1OC)C(c1cccc(OC)c1)CNCC2. The number of methoxy groups -OCH3 is 4. The lowest BCUT2D eigenvalue weighted by atomic mass is 9.85. The third kappa shape index (κ3) is 3.57. The number of esters is 1. The quantitative estimate of drug-likeness (QED) is 0.816. The third-order valence-electron chi connectivity index (χ3n) is 4.97. The molecule has 0 fully saturated rings. The number of rotatable bonds is 5.